The second kappa shape index (κ2) is 6.66. The Hall–Kier alpha value is -2.32. The summed E-state index contributed by atoms with van der Waals surface area (Å²) in [6.45, 7) is 3.84. The average molecular weight is 363 g/mol. The molecule has 1 unspecified atom stereocenters. The summed E-state index contributed by atoms with van der Waals surface area (Å²) < 4.78 is 5.93. The predicted octanol–water partition coefficient (Wildman–Crippen LogP) is 3.51. The van der Waals surface area contributed by atoms with Gasteiger partial charge >= 0.3 is 0 Å². The molecule has 1 atom stereocenters. The molecule has 0 fully saturated rings. The molecule has 24 heavy (non-hydrogen) atoms. The number of hydrogen-bond donors (Lipinski definition) is 2. The molecule has 9 heteroatoms. The van der Waals surface area contributed by atoms with Gasteiger partial charge in [-0.3, -0.25) is 0 Å². The van der Waals surface area contributed by atoms with Crippen molar-refractivity contribution in [1.82, 2.24) is 19.9 Å². The van der Waals surface area contributed by atoms with Crippen molar-refractivity contribution in [2.24, 2.45) is 0 Å². The second-order valence-electron chi connectivity index (χ2n) is 5.07. The molecule has 2 heterocycles. The number of nitrogens with two attached hydrogens (primary N) is 2. The summed E-state index contributed by atoms with van der Waals surface area (Å²) in [5.74, 6) is 1.45. The monoisotopic (exact) mass is 362 g/mol. The van der Waals surface area contributed by atoms with Crippen molar-refractivity contribution in [2.75, 3.05) is 11.5 Å². The van der Waals surface area contributed by atoms with Crippen LogP contribution in [0.1, 0.15) is 23.8 Å². The lowest BCUT2D eigenvalue weighted by Gasteiger charge is -2.06. The van der Waals surface area contributed by atoms with Crippen LogP contribution < -0.4 is 11.5 Å². The highest BCUT2D eigenvalue weighted by atomic mass is 35.5. The first kappa shape index (κ1) is 16.5. The molecule has 0 radical (unpaired) electrons. The zero-order valence-electron chi connectivity index (χ0n) is 13.0. The average Bonchev–Trinajstić information content (AvgIpc) is 2.89. The van der Waals surface area contributed by atoms with Crippen molar-refractivity contribution in [3.05, 3.63) is 40.9 Å². The van der Waals surface area contributed by atoms with Crippen LogP contribution in [0.5, 0.6) is 0 Å². The van der Waals surface area contributed by atoms with Crippen molar-refractivity contribution in [2.45, 2.75) is 24.3 Å². The van der Waals surface area contributed by atoms with Crippen LogP contribution in [0.4, 0.5) is 11.9 Å². The number of oxazole rings is 1. The number of nitrogens with zero attached hydrogens (tertiary/aromatic N) is 4. The van der Waals surface area contributed by atoms with Gasteiger partial charge in [-0.2, -0.15) is 15.0 Å². The molecular formula is C15H15ClN6OS. The third-order valence-electron chi connectivity index (χ3n) is 3.20. The van der Waals surface area contributed by atoms with Gasteiger partial charge in [-0.15, -0.1) is 0 Å². The Morgan fingerprint density at radius 2 is 1.67 bits per heavy atom. The van der Waals surface area contributed by atoms with E-state index in [1.807, 2.05) is 38.1 Å². The van der Waals surface area contributed by atoms with Crippen molar-refractivity contribution < 1.29 is 4.42 Å². The number of aromatic nitrogens is 4. The maximum absolute atomic E-state index is 5.93. The molecule has 0 aliphatic rings. The fourth-order valence-corrected chi connectivity index (χ4v) is 3.05. The number of thioether (sulfide) groups is 1. The highest BCUT2D eigenvalue weighted by Crippen LogP contribution is 2.36. The summed E-state index contributed by atoms with van der Waals surface area (Å²) in [7, 11) is 0. The molecule has 0 aliphatic heterocycles. The first-order valence-electron chi connectivity index (χ1n) is 7.09. The Balaban J connectivity index is 1.84. The van der Waals surface area contributed by atoms with Gasteiger partial charge in [0.15, 0.2) is 10.9 Å². The largest absolute Gasteiger partial charge is 0.439 e. The standard InChI is InChI=1S/C15H15ClN6OS/c1-7-11(9-3-5-10(16)6-4-9)23-12(19-7)8(2)24-15-21-13(17)20-14(18)22-15/h3-6,8H,1-2H3,(H4,17,18,20,21,22). The predicted molar refractivity (Wildman–Crippen MR) is 94.6 cm³/mol. The van der Waals surface area contributed by atoms with E-state index in [1.54, 1.807) is 0 Å². The molecule has 1 aromatic carbocycles. The van der Waals surface area contributed by atoms with Crippen LogP contribution in [0, 0.1) is 6.92 Å². The minimum absolute atomic E-state index is 0.0858. The summed E-state index contributed by atoms with van der Waals surface area (Å²) in [6, 6.07) is 7.41. The SMILES string of the molecule is Cc1nc(C(C)Sc2nc(N)nc(N)n2)oc1-c1ccc(Cl)cc1. The third kappa shape index (κ3) is 3.60. The number of aryl methyl sites for hydroxylation is 1. The van der Waals surface area contributed by atoms with Gasteiger partial charge in [-0.25, -0.2) is 4.98 Å². The van der Waals surface area contributed by atoms with Gasteiger partial charge in [0.1, 0.15) is 0 Å². The van der Waals surface area contributed by atoms with Gasteiger partial charge in [0.2, 0.25) is 17.8 Å². The molecule has 0 spiro atoms. The summed E-state index contributed by atoms with van der Waals surface area (Å²) in [5, 5.41) is 0.979. The molecule has 0 saturated carbocycles. The number of benzene rings is 1. The van der Waals surface area contributed by atoms with Crippen LogP contribution >= 0.6 is 23.4 Å². The molecular weight excluding hydrogens is 348 g/mol. The lowest BCUT2D eigenvalue weighted by atomic mass is 10.1. The smallest absolute Gasteiger partial charge is 0.225 e. The number of hydrogen-bond acceptors (Lipinski definition) is 8. The molecule has 124 valence electrons. The van der Waals surface area contributed by atoms with E-state index < -0.39 is 0 Å². The van der Waals surface area contributed by atoms with Crippen LogP contribution in [-0.4, -0.2) is 19.9 Å². The maximum Gasteiger partial charge on any atom is 0.225 e. The Morgan fingerprint density at radius 3 is 2.29 bits per heavy atom. The number of anilines is 2. The van der Waals surface area contributed by atoms with E-state index in [9.17, 15) is 0 Å². The molecule has 0 bridgehead atoms. The van der Waals surface area contributed by atoms with Gasteiger partial charge in [0, 0.05) is 10.6 Å². The van der Waals surface area contributed by atoms with Crippen molar-refractivity contribution in [3.8, 4) is 11.3 Å². The molecule has 3 aromatic rings. The van der Waals surface area contributed by atoms with Crippen LogP contribution in [0.3, 0.4) is 0 Å². The lowest BCUT2D eigenvalue weighted by molar-refractivity contribution is 0.509. The second-order valence-corrected chi connectivity index (χ2v) is 6.81. The fraction of sp³-hybridized carbons (Fsp3) is 0.200. The van der Waals surface area contributed by atoms with Crippen LogP contribution in [0.2, 0.25) is 5.02 Å². The summed E-state index contributed by atoms with van der Waals surface area (Å²) in [5.41, 5.74) is 12.9. The van der Waals surface area contributed by atoms with E-state index >= 15 is 0 Å². The Kier molecular flexibility index (Phi) is 4.59. The molecule has 2 aromatic heterocycles. The van der Waals surface area contributed by atoms with Crippen LogP contribution in [0.15, 0.2) is 33.8 Å². The maximum atomic E-state index is 5.93. The van der Waals surface area contributed by atoms with Gasteiger partial charge in [0.05, 0.1) is 10.9 Å². The minimum Gasteiger partial charge on any atom is -0.439 e. The van der Waals surface area contributed by atoms with E-state index in [4.69, 9.17) is 27.5 Å². The molecule has 4 N–H and O–H groups in total. The van der Waals surface area contributed by atoms with Crippen LogP contribution in [-0.2, 0) is 0 Å². The highest BCUT2D eigenvalue weighted by molar-refractivity contribution is 7.99. The van der Waals surface area contributed by atoms with E-state index in [2.05, 4.69) is 19.9 Å². The van der Waals surface area contributed by atoms with Crippen molar-refractivity contribution in [3.63, 3.8) is 0 Å². The zero-order chi connectivity index (χ0) is 17.3. The molecule has 0 aliphatic carbocycles. The van der Waals surface area contributed by atoms with Gasteiger partial charge < -0.3 is 15.9 Å². The Morgan fingerprint density at radius 1 is 1.04 bits per heavy atom. The number of rotatable bonds is 4. The van der Waals surface area contributed by atoms with Gasteiger partial charge in [-0.05, 0) is 38.1 Å². The summed E-state index contributed by atoms with van der Waals surface area (Å²) in [6.07, 6.45) is 0. The number of nitrogen functional groups attached to an aromatic ring is 2. The number of halogens is 1. The topological polar surface area (TPSA) is 117 Å². The quantitative estimate of drug-likeness (QED) is 0.677. The molecule has 0 saturated heterocycles. The normalized spacial score (nSPS) is 12.3. The summed E-state index contributed by atoms with van der Waals surface area (Å²) in [4.78, 5) is 16.3. The molecule has 7 nitrogen and oxygen atoms in total. The first-order valence-corrected chi connectivity index (χ1v) is 8.35. The molecule has 3 rings (SSSR count). The fourth-order valence-electron chi connectivity index (χ4n) is 2.11. The van der Waals surface area contributed by atoms with Gasteiger partial charge in [-0.1, -0.05) is 23.4 Å². The first-order chi connectivity index (χ1) is 11.4. The van der Waals surface area contributed by atoms with Gasteiger partial charge in [0.25, 0.3) is 0 Å². The third-order valence-corrected chi connectivity index (χ3v) is 4.40. The van der Waals surface area contributed by atoms with Crippen molar-refractivity contribution in [1.29, 1.82) is 0 Å². The van der Waals surface area contributed by atoms with E-state index in [0.29, 0.717) is 21.8 Å². The lowest BCUT2D eigenvalue weighted by Crippen LogP contribution is -2.04. The van der Waals surface area contributed by atoms with E-state index in [1.165, 1.54) is 11.8 Å². The summed E-state index contributed by atoms with van der Waals surface area (Å²) >= 11 is 7.27. The zero-order valence-corrected chi connectivity index (χ0v) is 14.6. The van der Waals surface area contributed by atoms with E-state index in [-0.39, 0.29) is 17.1 Å². The molecule has 0 amide bonds. The van der Waals surface area contributed by atoms with E-state index in [0.717, 1.165) is 11.3 Å². The Labute approximate surface area is 147 Å². The van der Waals surface area contributed by atoms with Crippen LogP contribution in [0.25, 0.3) is 11.3 Å². The Bertz CT molecular complexity index is 847. The highest BCUT2D eigenvalue weighted by Gasteiger charge is 2.19. The van der Waals surface area contributed by atoms with Crippen molar-refractivity contribution >= 4 is 35.3 Å². The minimum atomic E-state index is -0.119.